The lowest BCUT2D eigenvalue weighted by Crippen LogP contribution is -2.23. The molecule has 0 amide bonds. The maximum Gasteiger partial charge on any atom is 0.358 e. The van der Waals surface area contributed by atoms with Crippen LogP contribution in [0.5, 0.6) is 0 Å². The van der Waals surface area contributed by atoms with E-state index >= 15 is 0 Å². The Hall–Kier alpha value is 1.30. The van der Waals surface area contributed by atoms with Gasteiger partial charge in [-0.25, -0.2) is 4.79 Å². The lowest BCUT2D eigenvalue weighted by atomic mass is 10.5. The minimum absolute atomic E-state index is 0.103. The smallest absolute Gasteiger partial charge is 0.358 e. The van der Waals surface area contributed by atoms with Crippen LogP contribution >= 0.6 is 66.7 Å². The molecule has 1 saturated carbocycles. The van der Waals surface area contributed by atoms with Crippen LogP contribution in [-0.2, 0) is 9.53 Å². The SMILES string of the molecule is O=C(OCC1CC1(Br)Br)C(Cl)(Cl)Cl. The highest BCUT2D eigenvalue weighted by Crippen LogP contribution is 2.56. The molecule has 0 bridgehead atoms. The number of alkyl halides is 5. The monoisotopic (exact) mass is 372 g/mol. The van der Waals surface area contributed by atoms with Gasteiger partial charge in [0.1, 0.15) is 0 Å². The summed E-state index contributed by atoms with van der Waals surface area (Å²) in [6, 6.07) is 0. The molecular formula is C6H5Br2Cl3O2. The fraction of sp³-hybridized carbons (Fsp3) is 0.833. The predicted octanol–water partition coefficient (Wildman–Crippen LogP) is 3.41. The van der Waals surface area contributed by atoms with Gasteiger partial charge >= 0.3 is 5.97 Å². The van der Waals surface area contributed by atoms with Crippen molar-refractivity contribution in [3.8, 4) is 0 Å². The zero-order chi connectivity index (χ0) is 10.3. The van der Waals surface area contributed by atoms with Crippen LogP contribution in [0.2, 0.25) is 0 Å². The van der Waals surface area contributed by atoms with Crippen molar-refractivity contribution in [1.82, 2.24) is 0 Å². The first-order valence-electron chi connectivity index (χ1n) is 3.35. The second-order valence-corrected chi connectivity index (χ2v) is 8.93. The molecule has 1 fully saturated rings. The molecule has 1 unspecified atom stereocenters. The molecule has 0 aromatic carbocycles. The van der Waals surface area contributed by atoms with Crippen molar-refractivity contribution in [2.45, 2.75) is 13.4 Å². The molecule has 0 aliphatic heterocycles. The summed E-state index contributed by atoms with van der Waals surface area (Å²) in [7, 11) is 0. The Labute approximate surface area is 107 Å². The average Bonchev–Trinajstić information content (AvgIpc) is 2.52. The zero-order valence-electron chi connectivity index (χ0n) is 6.20. The van der Waals surface area contributed by atoms with Gasteiger partial charge in [0.25, 0.3) is 3.79 Å². The van der Waals surface area contributed by atoms with Gasteiger partial charge in [-0.3, -0.25) is 0 Å². The molecule has 1 atom stereocenters. The van der Waals surface area contributed by atoms with Crippen LogP contribution in [0.25, 0.3) is 0 Å². The predicted molar refractivity (Wildman–Crippen MR) is 59.9 cm³/mol. The molecule has 76 valence electrons. The molecule has 0 saturated heterocycles. The number of esters is 1. The second kappa shape index (κ2) is 4.05. The number of carbonyl (C=O) groups excluding carboxylic acids is 1. The summed E-state index contributed by atoms with van der Waals surface area (Å²) in [5.74, 6) is -0.594. The molecule has 0 heterocycles. The number of hydrogen-bond donors (Lipinski definition) is 0. The Morgan fingerprint density at radius 2 is 2.00 bits per heavy atom. The van der Waals surface area contributed by atoms with Gasteiger partial charge < -0.3 is 4.74 Å². The van der Waals surface area contributed by atoms with Crippen LogP contribution in [0.15, 0.2) is 0 Å². The first-order chi connectivity index (χ1) is 5.73. The summed E-state index contributed by atoms with van der Waals surface area (Å²) in [6.45, 7) is 0.253. The molecule has 1 aliphatic carbocycles. The van der Waals surface area contributed by atoms with Gasteiger partial charge in [-0.2, -0.15) is 0 Å². The lowest BCUT2D eigenvalue weighted by molar-refractivity contribution is -0.143. The average molecular weight is 375 g/mol. The third-order valence-corrected chi connectivity index (χ3v) is 4.01. The van der Waals surface area contributed by atoms with Crippen LogP contribution < -0.4 is 0 Å². The Kier molecular flexibility index (Phi) is 3.85. The maximum atomic E-state index is 11.0. The van der Waals surface area contributed by atoms with E-state index in [9.17, 15) is 4.79 Å². The number of ether oxygens (including phenoxy) is 1. The maximum absolute atomic E-state index is 11.0. The fourth-order valence-corrected chi connectivity index (χ4v) is 1.92. The van der Waals surface area contributed by atoms with E-state index in [0.717, 1.165) is 6.42 Å². The van der Waals surface area contributed by atoms with E-state index in [-0.39, 0.29) is 15.8 Å². The Morgan fingerprint density at radius 3 is 2.31 bits per heavy atom. The normalized spacial score (nSPS) is 25.5. The molecule has 0 radical (unpaired) electrons. The largest absolute Gasteiger partial charge is 0.462 e. The molecule has 13 heavy (non-hydrogen) atoms. The van der Waals surface area contributed by atoms with Crippen LogP contribution in [0.1, 0.15) is 6.42 Å². The summed E-state index contributed by atoms with van der Waals surface area (Å²) in [5, 5.41) is 0. The highest BCUT2D eigenvalue weighted by Gasteiger charge is 2.51. The molecule has 1 rings (SSSR count). The standard InChI is InChI=1S/C6H5Br2Cl3O2/c7-5(8)1-3(5)2-13-4(12)6(9,10)11/h3H,1-2H2. The Balaban J connectivity index is 2.25. The Morgan fingerprint density at radius 1 is 1.54 bits per heavy atom. The van der Waals surface area contributed by atoms with Crippen molar-refractivity contribution in [3.63, 3.8) is 0 Å². The summed E-state index contributed by atoms with van der Waals surface area (Å²) >= 11 is 22.6. The van der Waals surface area contributed by atoms with E-state index in [1.807, 2.05) is 0 Å². The van der Waals surface area contributed by atoms with Crippen molar-refractivity contribution in [2.75, 3.05) is 6.61 Å². The van der Waals surface area contributed by atoms with Crippen molar-refractivity contribution in [3.05, 3.63) is 0 Å². The van der Waals surface area contributed by atoms with Crippen LogP contribution in [0, 0.1) is 5.92 Å². The van der Waals surface area contributed by atoms with Gasteiger partial charge in [0, 0.05) is 5.92 Å². The quantitative estimate of drug-likeness (QED) is 0.546. The highest BCUT2D eigenvalue weighted by molar-refractivity contribution is 9.25. The van der Waals surface area contributed by atoms with Gasteiger partial charge in [-0.05, 0) is 6.42 Å². The van der Waals surface area contributed by atoms with E-state index in [4.69, 9.17) is 39.5 Å². The third kappa shape index (κ3) is 3.74. The molecular weight excluding hydrogens is 370 g/mol. The van der Waals surface area contributed by atoms with Gasteiger partial charge in [-0.15, -0.1) is 0 Å². The van der Waals surface area contributed by atoms with Crippen molar-refractivity contribution >= 4 is 72.6 Å². The molecule has 0 N–H and O–H groups in total. The fourth-order valence-electron chi connectivity index (χ4n) is 0.709. The van der Waals surface area contributed by atoms with E-state index in [2.05, 4.69) is 31.9 Å². The first-order valence-corrected chi connectivity index (χ1v) is 6.07. The van der Waals surface area contributed by atoms with Gasteiger partial charge in [-0.1, -0.05) is 66.7 Å². The van der Waals surface area contributed by atoms with Gasteiger partial charge in [0.05, 0.1) is 9.84 Å². The van der Waals surface area contributed by atoms with Crippen LogP contribution in [-0.4, -0.2) is 19.6 Å². The minimum atomic E-state index is -1.98. The lowest BCUT2D eigenvalue weighted by Gasteiger charge is -2.10. The van der Waals surface area contributed by atoms with Crippen molar-refractivity contribution < 1.29 is 9.53 Å². The van der Waals surface area contributed by atoms with Crippen LogP contribution in [0.3, 0.4) is 0 Å². The molecule has 0 aromatic rings. The van der Waals surface area contributed by atoms with Crippen molar-refractivity contribution in [1.29, 1.82) is 0 Å². The first kappa shape index (κ1) is 12.4. The van der Waals surface area contributed by atoms with E-state index in [1.165, 1.54) is 0 Å². The summed E-state index contributed by atoms with van der Waals surface area (Å²) < 4.78 is 2.69. The summed E-state index contributed by atoms with van der Waals surface area (Å²) in [5.41, 5.74) is 0. The molecule has 7 heteroatoms. The number of hydrogen-bond acceptors (Lipinski definition) is 2. The molecule has 1 aliphatic rings. The van der Waals surface area contributed by atoms with Crippen molar-refractivity contribution in [2.24, 2.45) is 5.92 Å². The van der Waals surface area contributed by atoms with Gasteiger partial charge in [0.15, 0.2) is 0 Å². The zero-order valence-corrected chi connectivity index (χ0v) is 11.6. The highest BCUT2D eigenvalue weighted by atomic mass is 79.9. The van der Waals surface area contributed by atoms with E-state index in [0.29, 0.717) is 0 Å². The molecule has 0 aromatic heterocycles. The number of rotatable bonds is 2. The van der Waals surface area contributed by atoms with E-state index in [1.54, 1.807) is 0 Å². The molecule has 0 spiro atoms. The van der Waals surface area contributed by atoms with E-state index < -0.39 is 9.76 Å². The number of carbonyl (C=O) groups is 1. The molecule has 2 nitrogen and oxygen atoms in total. The number of halogens is 5. The van der Waals surface area contributed by atoms with Gasteiger partial charge in [0.2, 0.25) is 0 Å². The third-order valence-electron chi connectivity index (χ3n) is 1.60. The summed E-state index contributed by atoms with van der Waals surface area (Å²) in [4.78, 5) is 11.0. The second-order valence-electron chi connectivity index (χ2n) is 2.76. The topological polar surface area (TPSA) is 26.3 Å². The Bertz CT molecular complexity index is 226. The van der Waals surface area contributed by atoms with Crippen LogP contribution in [0.4, 0.5) is 0 Å². The minimum Gasteiger partial charge on any atom is -0.462 e. The summed E-state index contributed by atoms with van der Waals surface area (Å²) in [6.07, 6.45) is 0.889.